The summed E-state index contributed by atoms with van der Waals surface area (Å²) in [5.41, 5.74) is 4.51. The van der Waals surface area contributed by atoms with Crippen LogP contribution in [0.5, 0.6) is 11.5 Å². The number of aryl methyl sites for hydroxylation is 1. The zero-order chi connectivity index (χ0) is 22.9. The van der Waals surface area contributed by atoms with Gasteiger partial charge in [-0.15, -0.1) is 0 Å². The molecule has 1 unspecified atom stereocenters. The number of likely N-dealkylation sites (tertiary alicyclic amines) is 1. The van der Waals surface area contributed by atoms with Crippen LogP contribution < -0.4 is 9.47 Å². The Morgan fingerprint density at radius 1 is 0.879 bits per heavy atom. The highest BCUT2D eigenvalue weighted by Gasteiger charge is 2.32. The van der Waals surface area contributed by atoms with E-state index in [-0.39, 0.29) is 11.9 Å². The molecule has 5 rings (SSSR count). The highest BCUT2D eigenvalue weighted by atomic mass is 16.5. The number of benzene rings is 3. The second kappa shape index (κ2) is 8.81. The van der Waals surface area contributed by atoms with Gasteiger partial charge in [0.15, 0.2) is 0 Å². The van der Waals surface area contributed by atoms with Gasteiger partial charge < -0.3 is 18.9 Å². The third-order valence-electron chi connectivity index (χ3n) is 6.94. The average Bonchev–Trinajstić information content (AvgIpc) is 3.01. The minimum atomic E-state index is -0.0886. The molecule has 0 radical (unpaired) electrons. The molecule has 1 aliphatic rings. The molecule has 170 valence electrons. The van der Waals surface area contributed by atoms with E-state index in [0.717, 1.165) is 41.9 Å². The highest BCUT2D eigenvalue weighted by Crippen LogP contribution is 2.42. The normalized spacial score (nSPS) is 16.9. The minimum absolute atomic E-state index is 0.0886. The molecule has 0 aliphatic carbocycles. The van der Waals surface area contributed by atoms with Crippen LogP contribution in [-0.2, 0) is 18.4 Å². The third kappa shape index (κ3) is 3.71. The fraction of sp³-hybridized carbons (Fsp3) is 0.321. The Bertz CT molecular complexity index is 1300. The highest BCUT2D eigenvalue weighted by molar-refractivity contribution is 6.08. The molecule has 3 aromatic carbocycles. The first-order valence-corrected chi connectivity index (χ1v) is 11.6. The van der Waals surface area contributed by atoms with Crippen molar-refractivity contribution in [2.45, 2.75) is 38.3 Å². The van der Waals surface area contributed by atoms with Gasteiger partial charge >= 0.3 is 0 Å². The number of para-hydroxylation sites is 1. The number of amides is 1. The molecular weight excluding hydrogens is 412 g/mol. The van der Waals surface area contributed by atoms with Gasteiger partial charge in [0.25, 0.3) is 0 Å². The molecule has 1 aromatic heterocycles. The summed E-state index contributed by atoms with van der Waals surface area (Å²) in [6, 6.07) is 20.8. The van der Waals surface area contributed by atoms with Gasteiger partial charge in [-0.1, -0.05) is 36.8 Å². The van der Waals surface area contributed by atoms with Gasteiger partial charge in [0.1, 0.15) is 11.5 Å². The van der Waals surface area contributed by atoms with Crippen LogP contribution in [0.2, 0.25) is 0 Å². The predicted octanol–water partition coefficient (Wildman–Crippen LogP) is 5.99. The van der Waals surface area contributed by atoms with E-state index >= 15 is 0 Å². The molecule has 1 amide bonds. The molecule has 5 heteroatoms. The van der Waals surface area contributed by atoms with Crippen molar-refractivity contribution in [3.63, 3.8) is 0 Å². The summed E-state index contributed by atoms with van der Waals surface area (Å²) < 4.78 is 13.6. The summed E-state index contributed by atoms with van der Waals surface area (Å²) >= 11 is 0. The van der Waals surface area contributed by atoms with Crippen LogP contribution in [-0.4, -0.2) is 29.6 Å². The summed E-state index contributed by atoms with van der Waals surface area (Å²) in [6.45, 7) is 0.559. The SMILES string of the molecule is COc1cccc(OC)c1C1CCCCC(=O)N1Cc1ccc2c(c1)c1ccccc1n2C. The summed E-state index contributed by atoms with van der Waals surface area (Å²) in [5.74, 6) is 1.72. The van der Waals surface area contributed by atoms with E-state index in [1.807, 2.05) is 23.1 Å². The zero-order valence-electron chi connectivity index (χ0n) is 19.5. The number of fused-ring (bicyclic) bond motifs is 3. The number of carbonyl (C=O) groups is 1. The lowest BCUT2D eigenvalue weighted by molar-refractivity contribution is -0.133. The average molecular weight is 443 g/mol. The second-order valence-electron chi connectivity index (χ2n) is 8.79. The quantitative estimate of drug-likeness (QED) is 0.381. The van der Waals surface area contributed by atoms with Crippen molar-refractivity contribution in [2.75, 3.05) is 14.2 Å². The van der Waals surface area contributed by atoms with Crippen LogP contribution in [0.25, 0.3) is 21.8 Å². The van der Waals surface area contributed by atoms with Crippen molar-refractivity contribution in [1.29, 1.82) is 0 Å². The van der Waals surface area contributed by atoms with Crippen LogP contribution in [0.3, 0.4) is 0 Å². The van der Waals surface area contributed by atoms with Gasteiger partial charge in [-0.3, -0.25) is 4.79 Å². The van der Waals surface area contributed by atoms with E-state index < -0.39 is 0 Å². The van der Waals surface area contributed by atoms with Crippen LogP contribution in [0.15, 0.2) is 60.7 Å². The Hall–Kier alpha value is -3.47. The largest absolute Gasteiger partial charge is 0.496 e. The Kier molecular flexibility index (Phi) is 5.71. The lowest BCUT2D eigenvalue weighted by atomic mass is 9.97. The number of ether oxygens (including phenoxy) is 2. The predicted molar refractivity (Wildman–Crippen MR) is 132 cm³/mol. The monoisotopic (exact) mass is 442 g/mol. The Labute approximate surface area is 194 Å². The number of nitrogens with zero attached hydrogens (tertiary/aromatic N) is 2. The molecule has 4 aromatic rings. The van der Waals surface area contributed by atoms with E-state index in [9.17, 15) is 4.79 Å². The van der Waals surface area contributed by atoms with Gasteiger partial charge in [-0.2, -0.15) is 0 Å². The van der Waals surface area contributed by atoms with E-state index in [4.69, 9.17) is 9.47 Å². The Morgan fingerprint density at radius 3 is 2.36 bits per heavy atom. The summed E-state index contributed by atoms with van der Waals surface area (Å²) in [6.07, 6.45) is 3.37. The van der Waals surface area contributed by atoms with E-state index in [1.54, 1.807) is 14.2 Å². The molecule has 0 N–H and O–H groups in total. The van der Waals surface area contributed by atoms with Crippen molar-refractivity contribution < 1.29 is 14.3 Å². The van der Waals surface area contributed by atoms with E-state index in [0.29, 0.717) is 13.0 Å². The fourth-order valence-corrected chi connectivity index (χ4v) is 5.30. The second-order valence-corrected chi connectivity index (χ2v) is 8.79. The molecule has 1 saturated heterocycles. The van der Waals surface area contributed by atoms with Crippen molar-refractivity contribution in [3.05, 3.63) is 71.8 Å². The lowest BCUT2D eigenvalue weighted by Crippen LogP contribution is -2.33. The standard InChI is InChI=1S/C28H30N2O3/c1-29-22-10-5-4-9-20(22)21-17-19(15-16-23(21)29)18-30-24(11-6-7-14-27(30)31)28-25(32-2)12-8-13-26(28)33-3/h4-5,8-10,12-13,15-17,24H,6-7,11,14,18H2,1-3H3. The molecule has 0 bridgehead atoms. The Morgan fingerprint density at radius 2 is 1.61 bits per heavy atom. The van der Waals surface area contributed by atoms with Gasteiger partial charge in [0, 0.05) is 41.8 Å². The van der Waals surface area contributed by atoms with Crippen LogP contribution in [0.4, 0.5) is 0 Å². The first kappa shape index (κ1) is 21.4. The van der Waals surface area contributed by atoms with Gasteiger partial charge in [-0.25, -0.2) is 0 Å². The van der Waals surface area contributed by atoms with Gasteiger partial charge in [0.2, 0.25) is 5.91 Å². The maximum Gasteiger partial charge on any atom is 0.223 e. The summed E-state index contributed by atoms with van der Waals surface area (Å²) in [4.78, 5) is 15.3. The first-order chi connectivity index (χ1) is 16.1. The zero-order valence-corrected chi connectivity index (χ0v) is 19.5. The van der Waals surface area contributed by atoms with Crippen molar-refractivity contribution in [1.82, 2.24) is 9.47 Å². The number of carbonyl (C=O) groups excluding carboxylic acids is 1. The molecule has 1 aliphatic heterocycles. The maximum absolute atomic E-state index is 13.3. The van der Waals surface area contributed by atoms with Crippen molar-refractivity contribution in [3.8, 4) is 11.5 Å². The fourth-order valence-electron chi connectivity index (χ4n) is 5.30. The number of aromatic nitrogens is 1. The molecular formula is C28H30N2O3. The summed E-state index contributed by atoms with van der Waals surface area (Å²) in [7, 11) is 5.46. The molecule has 1 fully saturated rings. The number of hydrogen-bond acceptors (Lipinski definition) is 3. The lowest BCUT2D eigenvalue weighted by Gasteiger charge is -2.32. The van der Waals surface area contributed by atoms with Gasteiger partial charge in [0.05, 0.1) is 25.8 Å². The third-order valence-corrected chi connectivity index (χ3v) is 6.94. The summed E-state index contributed by atoms with van der Waals surface area (Å²) in [5, 5.41) is 2.46. The molecule has 2 heterocycles. The molecule has 0 spiro atoms. The number of methoxy groups -OCH3 is 2. The van der Waals surface area contributed by atoms with Crippen molar-refractivity contribution >= 4 is 27.7 Å². The molecule has 33 heavy (non-hydrogen) atoms. The molecule has 0 saturated carbocycles. The number of hydrogen-bond donors (Lipinski definition) is 0. The van der Waals surface area contributed by atoms with Crippen molar-refractivity contribution in [2.24, 2.45) is 7.05 Å². The first-order valence-electron chi connectivity index (χ1n) is 11.6. The Balaban J connectivity index is 1.59. The molecule has 5 nitrogen and oxygen atoms in total. The van der Waals surface area contributed by atoms with E-state index in [1.165, 1.54) is 21.8 Å². The smallest absolute Gasteiger partial charge is 0.223 e. The van der Waals surface area contributed by atoms with E-state index in [2.05, 4.69) is 54.1 Å². The minimum Gasteiger partial charge on any atom is -0.496 e. The van der Waals surface area contributed by atoms with Crippen LogP contribution in [0, 0.1) is 0 Å². The van der Waals surface area contributed by atoms with Crippen LogP contribution in [0.1, 0.15) is 42.9 Å². The number of rotatable bonds is 5. The van der Waals surface area contributed by atoms with Crippen LogP contribution >= 0.6 is 0 Å². The topological polar surface area (TPSA) is 43.7 Å². The molecule has 1 atom stereocenters. The van der Waals surface area contributed by atoms with Gasteiger partial charge in [-0.05, 0) is 48.7 Å². The maximum atomic E-state index is 13.3.